The van der Waals surface area contributed by atoms with Crippen molar-refractivity contribution in [3.63, 3.8) is 0 Å². The minimum atomic E-state index is -0.328. The number of carbonyl (C=O) groups is 1. The molecule has 3 heterocycles. The summed E-state index contributed by atoms with van der Waals surface area (Å²) in [5.41, 5.74) is 1.29. The molecule has 0 radical (unpaired) electrons. The number of hydrogen-bond donors (Lipinski definition) is 1. The molecule has 4 rings (SSSR count). The summed E-state index contributed by atoms with van der Waals surface area (Å²) in [5.74, 6) is 0.436. The molecule has 0 saturated heterocycles. The molecule has 1 amide bonds. The minimum absolute atomic E-state index is 0.125. The predicted molar refractivity (Wildman–Crippen MR) is 105 cm³/mol. The Morgan fingerprint density at radius 1 is 1.26 bits per heavy atom. The van der Waals surface area contributed by atoms with Crippen molar-refractivity contribution in [3.05, 3.63) is 51.0 Å². The summed E-state index contributed by atoms with van der Waals surface area (Å²) < 4.78 is 2.91. The van der Waals surface area contributed by atoms with E-state index in [1.54, 1.807) is 10.6 Å². The van der Waals surface area contributed by atoms with Crippen molar-refractivity contribution in [2.45, 2.75) is 38.8 Å². The number of aryl methyl sites for hydroxylation is 1. The zero-order valence-electron chi connectivity index (χ0n) is 14.5. The van der Waals surface area contributed by atoms with Gasteiger partial charge in [-0.15, -0.1) is 11.3 Å². The molecule has 0 saturated carbocycles. The topological polar surface area (TPSA) is 81.8 Å². The second kappa shape index (κ2) is 7.66. The van der Waals surface area contributed by atoms with E-state index in [2.05, 4.69) is 15.4 Å². The molecule has 0 bridgehead atoms. The summed E-state index contributed by atoms with van der Waals surface area (Å²) >= 11 is 7.50. The molecule has 7 nitrogen and oxygen atoms in total. The molecule has 3 aromatic rings. The van der Waals surface area contributed by atoms with Gasteiger partial charge in [0, 0.05) is 28.9 Å². The van der Waals surface area contributed by atoms with Crippen LogP contribution in [-0.4, -0.2) is 25.2 Å². The number of hydrogen-bond acceptors (Lipinski definition) is 5. The van der Waals surface area contributed by atoms with Gasteiger partial charge < -0.3 is 5.32 Å². The minimum Gasteiger partial charge on any atom is -0.300 e. The van der Waals surface area contributed by atoms with E-state index in [1.807, 2.05) is 23.6 Å². The van der Waals surface area contributed by atoms with Gasteiger partial charge in [-0.2, -0.15) is 5.10 Å². The first-order valence-corrected chi connectivity index (χ1v) is 10.0. The smallest absolute Gasteiger partial charge is 0.300 e. The third-order valence-corrected chi connectivity index (χ3v) is 5.56. The molecule has 0 unspecified atom stereocenters. The third-order valence-electron chi connectivity index (χ3n) is 4.48. The lowest BCUT2D eigenvalue weighted by Gasteiger charge is -2.02. The number of rotatable bonds is 4. The number of anilines is 1. The Labute approximate surface area is 164 Å². The summed E-state index contributed by atoms with van der Waals surface area (Å²) in [5, 5.41) is 9.96. The van der Waals surface area contributed by atoms with Crippen LogP contribution in [0.2, 0.25) is 5.02 Å². The van der Waals surface area contributed by atoms with E-state index in [4.69, 9.17) is 11.6 Å². The third kappa shape index (κ3) is 3.81. The maximum Gasteiger partial charge on any atom is 0.346 e. The van der Waals surface area contributed by atoms with Crippen LogP contribution in [0.25, 0.3) is 11.3 Å². The molecule has 1 aromatic carbocycles. The summed E-state index contributed by atoms with van der Waals surface area (Å²) in [7, 11) is 0. The Morgan fingerprint density at radius 2 is 2.11 bits per heavy atom. The van der Waals surface area contributed by atoms with E-state index in [1.165, 1.54) is 16.0 Å². The highest BCUT2D eigenvalue weighted by atomic mass is 35.5. The van der Waals surface area contributed by atoms with Gasteiger partial charge in [0.1, 0.15) is 12.4 Å². The lowest BCUT2D eigenvalue weighted by Crippen LogP contribution is -2.30. The summed E-state index contributed by atoms with van der Waals surface area (Å²) in [4.78, 5) is 29.2. The molecule has 1 aliphatic rings. The number of halogens is 1. The van der Waals surface area contributed by atoms with Crippen molar-refractivity contribution < 1.29 is 4.79 Å². The Balaban J connectivity index is 1.46. The van der Waals surface area contributed by atoms with Crippen molar-refractivity contribution in [1.82, 2.24) is 19.3 Å². The largest absolute Gasteiger partial charge is 0.346 e. The average molecular weight is 404 g/mol. The Hall–Kier alpha value is -2.45. The molecule has 1 N–H and O–H groups in total. The van der Waals surface area contributed by atoms with Gasteiger partial charge in [-0.1, -0.05) is 36.2 Å². The van der Waals surface area contributed by atoms with Gasteiger partial charge in [-0.25, -0.2) is 14.5 Å². The zero-order valence-corrected chi connectivity index (χ0v) is 16.1. The number of nitrogens with one attached hydrogen (secondary N) is 1. The molecule has 140 valence electrons. The fourth-order valence-electron chi connectivity index (χ4n) is 3.15. The summed E-state index contributed by atoms with van der Waals surface area (Å²) in [6, 6.07) is 7.41. The molecular formula is C18H18ClN5O2S. The average Bonchev–Trinajstić information content (AvgIpc) is 3.12. The van der Waals surface area contributed by atoms with Crippen molar-refractivity contribution in [2.75, 3.05) is 5.32 Å². The van der Waals surface area contributed by atoms with Crippen LogP contribution < -0.4 is 11.0 Å². The quantitative estimate of drug-likeness (QED) is 0.725. The van der Waals surface area contributed by atoms with Crippen molar-refractivity contribution in [3.8, 4) is 11.3 Å². The Bertz CT molecular complexity index is 1040. The molecule has 0 atom stereocenters. The molecule has 0 aliphatic carbocycles. The highest BCUT2D eigenvalue weighted by Crippen LogP contribution is 2.30. The second-order valence-electron chi connectivity index (χ2n) is 6.38. The number of nitrogens with zero attached hydrogens (tertiary/aromatic N) is 4. The second-order valence-corrected chi connectivity index (χ2v) is 7.65. The van der Waals surface area contributed by atoms with Crippen LogP contribution in [0, 0.1) is 0 Å². The first-order valence-electron chi connectivity index (χ1n) is 8.78. The van der Waals surface area contributed by atoms with E-state index in [-0.39, 0.29) is 18.1 Å². The van der Waals surface area contributed by atoms with E-state index in [0.29, 0.717) is 22.4 Å². The molecule has 27 heavy (non-hydrogen) atoms. The Kier molecular flexibility index (Phi) is 5.09. The van der Waals surface area contributed by atoms with Gasteiger partial charge in [-0.05, 0) is 18.9 Å². The van der Waals surface area contributed by atoms with Crippen LogP contribution in [0.4, 0.5) is 5.13 Å². The van der Waals surface area contributed by atoms with E-state index in [0.717, 1.165) is 37.1 Å². The maximum atomic E-state index is 12.4. The predicted octanol–water partition coefficient (Wildman–Crippen LogP) is 3.19. The number of thiazole rings is 1. The SMILES string of the molecule is O=C(Cn1nc2n(c1=O)CCCCC2)Nc1nc(-c2ccccc2Cl)cs1. The summed E-state index contributed by atoms with van der Waals surface area (Å²) in [6.45, 7) is 0.545. The van der Waals surface area contributed by atoms with Crippen molar-refractivity contribution in [2.24, 2.45) is 0 Å². The standard InChI is InChI=1S/C18H18ClN5O2S/c19-13-7-4-3-6-12(13)14-11-27-17(20-14)21-16(25)10-24-18(26)23-9-5-1-2-8-15(23)22-24/h3-4,6-7,11H,1-2,5,8-10H2,(H,20,21,25). The van der Waals surface area contributed by atoms with Crippen LogP contribution in [-0.2, 0) is 24.3 Å². The molecule has 0 fully saturated rings. The van der Waals surface area contributed by atoms with E-state index < -0.39 is 0 Å². The Morgan fingerprint density at radius 3 is 2.96 bits per heavy atom. The van der Waals surface area contributed by atoms with Gasteiger partial charge in [0.05, 0.1) is 5.69 Å². The van der Waals surface area contributed by atoms with Gasteiger partial charge in [0.15, 0.2) is 5.13 Å². The number of aromatic nitrogens is 4. The molecule has 1 aliphatic heterocycles. The number of fused-ring (bicyclic) bond motifs is 1. The highest BCUT2D eigenvalue weighted by molar-refractivity contribution is 7.14. The van der Waals surface area contributed by atoms with Crippen molar-refractivity contribution in [1.29, 1.82) is 0 Å². The van der Waals surface area contributed by atoms with Crippen molar-refractivity contribution >= 4 is 34.0 Å². The van der Waals surface area contributed by atoms with Crippen LogP contribution >= 0.6 is 22.9 Å². The normalized spacial score (nSPS) is 13.8. The number of carbonyl (C=O) groups excluding carboxylic acids is 1. The first-order chi connectivity index (χ1) is 13.1. The fraction of sp³-hybridized carbons (Fsp3) is 0.333. The van der Waals surface area contributed by atoms with Gasteiger partial charge in [0.2, 0.25) is 5.91 Å². The maximum absolute atomic E-state index is 12.4. The number of benzene rings is 1. The number of amides is 1. The zero-order chi connectivity index (χ0) is 18.8. The molecule has 2 aromatic heterocycles. The monoisotopic (exact) mass is 403 g/mol. The van der Waals surface area contributed by atoms with Gasteiger partial charge in [0.25, 0.3) is 0 Å². The lowest BCUT2D eigenvalue weighted by molar-refractivity contribution is -0.117. The lowest BCUT2D eigenvalue weighted by atomic mass is 10.2. The van der Waals surface area contributed by atoms with Crippen LogP contribution in [0.5, 0.6) is 0 Å². The van der Waals surface area contributed by atoms with Crippen LogP contribution in [0.1, 0.15) is 25.1 Å². The van der Waals surface area contributed by atoms with E-state index >= 15 is 0 Å². The first kappa shape index (κ1) is 17.9. The summed E-state index contributed by atoms with van der Waals surface area (Å²) in [6.07, 6.45) is 3.86. The van der Waals surface area contributed by atoms with Gasteiger partial charge >= 0.3 is 5.69 Å². The fourth-order valence-corrected chi connectivity index (χ4v) is 4.11. The molecule has 9 heteroatoms. The van der Waals surface area contributed by atoms with Crippen LogP contribution in [0.15, 0.2) is 34.4 Å². The molecular weight excluding hydrogens is 386 g/mol. The highest BCUT2D eigenvalue weighted by Gasteiger charge is 2.18. The van der Waals surface area contributed by atoms with Crippen LogP contribution in [0.3, 0.4) is 0 Å². The molecule has 0 spiro atoms. The van der Waals surface area contributed by atoms with E-state index in [9.17, 15) is 9.59 Å². The van der Waals surface area contributed by atoms with Gasteiger partial charge in [-0.3, -0.25) is 9.36 Å².